The molecule has 0 amide bonds. The van der Waals surface area contributed by atoms with E-state index >= 15 is 0 Å². The van der Waals surface area contributed by atoms with Gasteiger partial charge >= 0.3 is 0 Å². The molecule has 0 aliphatic rings. The molecule has 2 aromatic heterocycles. The maximum Gasteiger partial charge on any atom is 0.212 e. The van der Waals surface area contributed by atoms with E-state index in [1.807, 2.05) is 71.3 Å². The minimum absolute atomic E-state index is 0.0866. The lowest BCUT2D eigenvalue weighted by Gasteiger charge is -2.06. The molecule has 0 spiro atoms. The summed E-state index contributed by atoms with van der Waals surface area (Å²) in [6, 6.07) is 22.6. The smallest absolute Gasteiger partial charge is 0.212 e. The zero-order valence-corrected chi connectivity index (χ0v) is 13.7. The number of carbonyl (C=O) groups excluding carboxylic acids is 1. The van der Waals surface area contributed by atoms with E-state index in [-0.39, 0.29) is 5.78 Å². The molecule has 0 aliphatic carbocycles. The number of methoxy groups -OCH3 is 1. The maximum atomic E-state index is 13.3. The van der Waals surface area contributed by atoms with Crippen molar-refractivity contribution in [2.24, 2.45) is 0 Å². The highest BCUT2D eigenvalue weighted by Crippen LogP contribution is 2.27. The molecule has 0 saturated heterocycles. The molecule has 0 N–H and O–H groups in total. The number of fused-ring (bicyclic) bond motifs is 1. The van der Waals surface area contributed by atoms with E-state index in [0.717, 1.165) is 11.2 Å². The standard InChI is InChI=1S/C21H16N2O2/c1-25-17-11-7-10-16(14-17)21(24)20-19(15-8-3-2-4-9-15)22-18-12-5-6-13-23(18)20/h2-14H,1H3. The average molecular weight is 328 g/mol. The van der Waals surface area contributed by atoms with Crippen LogP contribution in [-0.4, -0.2) is 22.3 Å². The van der Waals surface area contributed by atoms with Crippen molar-refractivity contribution in [3.8, 4) is 17.0 Å². The van der Waals surface area contributed by atoms with Crippen molar-refractivity contribution < 1.29 is 9.53 Å². The average Bonchev–Trinajstić information content (AvgIpc) is 3.07. The number of hydrogen-bond acceptors (Lipinski definition) is 3. The number of carbonyl (C=O) groups is 1. The Balaban J connectivity index is 1.95. The minimum atomic E-state index is -0.0866. The van der Waals surface area contributed by atoms with Crippen LogP contribution in [0, 0.1) is 0 Å². The first kappa shape index (κ1) is 15.1. The van der Waals surface area contributed by atoms with Crippen LogP contribution in [0.5, 0.6) is 5.75 Å². The van der Waals surface area contributed by atoms with Crippen LogP contribution in [0.3, 0.4) is 0 Å². The van der Waals surface area contributed by atoms with Crippen LogP contribution in [0.1, 0.15) is 16.1 Å². The van der Waals surface area contributed by atoms with Gasteiger partial charge in [-0.05, 0) is 24.3 Å². The number of imidazole rings is 1. The molecule has 4 heteroatoms. The van der Waals surface area contributed by atoms with Crippen molar-refractivity contribution in [1.82, 2.24) is 9.38 Å². The first-order valence-electron chi connectivity index (χ1n) is 7.99. The zero-order chi connectivity index (χ0) is 17.2. The third-order valence-electron chi connectivity index (χ3n) is 4.12. The highest BCUT2D eigenvalue weighted by atomic mass is 16.5. The largest absolute Gasteiger partial charge is 0.497 e. The summed E-state index contributed by atoms with van der Waals surface area (Å²) in [5.74, 6) is 0.567. The fourth-order valence-corrected chi connectivity index (χ4v) is 2.91. The number of rotatable bonds is 4. The molecular formula is C21H16N2O2. The second-order valence-corrected chi connectivity index (χ2v) is 5.66. The summed E-state index contributed by atoms with van der Waals surface area (Å²) < 4.78 is 7.09. The predicted octanol–water partition coefficient (Wildman–Crippen LogP) is 4.24. The van der Waals surface area contributed by atoms with Crippen molar-refractivity contribution in [3.63, 3.8) is 0 Å². The quantitative estimate of drug-likeness (QED) is 0.526. The van der Waals surface area contributed by atoms with E-state index in [1.54, 1.807) is 19.2 Å². The molecular weight excluding hydrogens is 312 g/mol. The summed E-state index contributed by atoms with van der Waals surface area (Å²) in [7, 11) is 1.59. The van der Waals surface area contributed by atoms with E-state index in [9.17, 15) is 4.79 Å². The lowest BCUT2D eigenvalue weighted by Crippen LogP contribution is -2.07. The van der Waals surface area contributed by atoms with Crippen LogP contribution in [-0.2, 0) is 0 Å². The second kappa shape index (κ2) is 6.24. The summed E-state index contributed by atoms with van der Waals surface area (Å²) in [5.41, 5.74) is 3.46. The van der Waals surface area contributed by atoms with Gasteiger partial charge in [-0.25, -0.2) is 4.98 Å². The Morgan fingerprint density at radius 3 is 2.56 bits per heavy atom. The summed E-state index contributed by atoms with van der Waals surface area (Å²) >= 11 is 0. The van der Waals surface area contributed by atoms with Crippen LogP contribution in [0.25, 0.3) is 16.9 Å². The van der Waals surface area contributed by atoms with Gasteiger partial charge in [-0.15, -0.1) is 0 Å². The molecule has 122 valence electrons. The lowest BCUT2D eigenvalue weighted by molar-refractivity contribution is 0.103. The second-order valence-electron chi connectivity index (χ2n) is 5.66. The van der Waals surface area contributed by atoms with E-state index in [2.05, 4.69) is 4.98 Å². The number of benzene rings is 2. The number of hydrogen-bond donors (Lipinski definition) is 0. The van der Waals surface area contributed by atoms with Gasteiger partial charge in [-0.3, -0.25) is 9.20 Å². The molecule has 0 aliphatic heterocycles. The monoisotopic (exact) mass is 328 g/mol. The zero-order valence-electron chi connectivity index (χ0n) is 13.7. The summed E-state index contributed by atoms with van der Waals surface area (Å²) in [6.07, 6.45) is 1.86. The first-order valence-corrected chi connectivity index (χ1v) is 7.99. The van der Waals surface area contributed by atoms with Gasteiger partial charge < -0.3 is 4.74 Å². The van der Waals surface area contributed by atoms with Crippen LogP contribution in [0.4, 0.5) is 0 Å². The number of nitrogens with zero attached hydrogens (tertiary/aromatic N) is 2. The topological polar surface area (TPSA) is 43.6 Å². The highest BCUT2D eigenvalue weighted by Gasteiger charge is 2.21. The van der Waals surface area contributed by atoms with E-state index in [0.29, 0.717) is 22.7 Å². The van der Waals surface area contributed by atoms with Gasteiger partial charge in [0.2, 0.25) is 5.78 Å². The SMILES string of the molecule is COc1cccc(C(=O)c2c(-c3ccccc3)nc3ccccn23)c1. The van der Waals surface area contributed by atoms with Crippen LogP contribution in [0.15, 0.2) is 79.0 Å². The Bertz CT molecular complexity index is 1050. The molecule has 2 heterocycles. The third-order valence-corrected chi connectivity index (χ3v) is 4.12. The number of ether oxygens (including phenoxy) is 1. The van der Waals surface area contributed by atoms with Gasteiger partial charge in [0, 0.05) is 17.3 Å². The van der Waals surface area contributed by atoms with Crippen LogP contribution >= 0.6 is 0 Å². The molecule has 0 unspecified atom stereocenters. The lowest BCUT2D eigenvalue weighted by atomic mass is 10.0. The van der Waals surface area contributed by atoms with E-state index in [4.69, 9.17) is 4.74 Å². The number of pyridine rings is 1. The van der Waals surface area contributed by atoms with Gasteiger partial charge in [0.15, 0.2) is 0 Å². The maximum absolute atomic E-state index is 13.3. The van der Waals surface area contributed by atoms with Gasteiger partial charge in [-0.2, -0.15) is 0 Å². The van der Waals surface area contributed by atoms with Crippen LogP contribution in [0.2, 0.25) is 0 Å². The van der Waals surface area contributed by atoms with Crippen molar-refractivity contribution in [3.05, 3.63) is 90.3 Å². The normalized spacial score (nSPS) is 10.8. The molecule has 0 bridgehead atoms. The first-order chi connectivity index (χ1) is 12.3. The van der Waals surface area contributed by atoms with Gasteiger partial charge in [0.1, 0.15) is 22.8 Å². The van der Waals surface area contributed by atoms with Gasteiger partial charge in [0.05, 0.1) is 7.11 Å². The molecule has 0 radical (unpaired) electrons. The van der Waals surface area contributed by atoms with Crippen molar-refractivity contribution in [2.75, 3.05) is 7.11 Å². The molecule has 0 fully saturated rings. The van der Waals surface area contributed by atoms with Gasteiger partial charge in [-0.1, -0.05) is 48.5 Å². The molecule has 2 aromatic carbocycles. The summed E-state index contributed by atoms with van der Waals surface area (Å²) in [6.45, 7) is 0. The Labute approximate surface area is 145 Å². The molecule has 25 heavy (non-hydrogen) atoms. The summed E-state index contributed by atoms with van der Waals surface area (Å²) in [5, 5.41) is 0. The highest BCUT2D eigenvalue weighted by molar-refractivity contribution is 6.12. The Kier molecular flexibility index (Phi) is 3.78. The van der Waals surface area contributed by atoms with Crippen molar-refractivity contribution in [1.29, 1.82) is 0 Å². The number of aromatic nitrogens is 2. The van der Waals surface area contributed by atoms with Crippen LogP contribution < -0.4 is 4.74 Å². The third kappa shape index (κ3) is 2.68. The summed E-state index contributed by atoms with van der Waals surface area (Å²) in [4.78, 5) is 18.0. The van der Waals surface area contributed by atoms with E-state index in [1.165, 1.54) is 0 Å². The van der Waals surface area contributed by atoms with E-state index < -0.39 is 0 Å². The molecule has 4 aromatic rings. The van der Waals surface area contributed by atoms with Crippen molar-refractivity contribution >= 4 is 11.4 Å². The fourth-order valence-electron chi connectivity index (χ4n) is 2.91. The Hall–Kier alpha value is -3.40. The Morgan fingerprint density at radius 1 is 0.960 bits per heavy atom. The van der Waals surface area contributed by atoms with Crippen molar-refractivity contribution in [2.45, 2.75) is 0 Å². The predicted molar refractivity (Wildman–Crippen MR) is 97.1 cm³/mol. The fraction of sp³-hybridized carbons (Fsp3) is 0.0476. The molecule has 4 nitrogen and oxygen atoms in total. The van der Waals surface area contributed by atoms with Gasteiger partial charge in [0.25, 0.3) is 0 Å². The number of ketones is 1. The molecule has 4 rings (SSSR count). The molecule has 0 saturated carbocycles. The Morgan fingerprint density at radius 2 is 1.76 bits per heavy atom. The minimum Gasteiger partial charge on any atom is -0.497 e. The molecule has 0 atom stereocenters.